The number of hydrogen-bond acceptors (Lipinski definition) is 8. The Morgan fingerprint density at radius 1 is 1.03 bits per heavy atom. The fourth-order valence-corrected chi connectivity index (χ4v) is 6.01. The zero-order valence-electron chi connectivity index (χ0n) is 18.1. The SMILES string of the molecule is CC(C)Oc1ccc(S(=O)(=O)N2CCCCC2)cc1NS(=O)(=O)c1ccc(O)c([N+](=O)[O-])c1. The minimum absolute atomic E-state index is 0.0967. The molecule has 0 unspecified atom stereocenters. The molecule has 1 heterocycles. The van der Waals surface area contributed by atoms with Crippen LogP contribution in [0.3, 0.4) is 0 Å². The first-order valence-electron chi connectivity index (χ1n) is 10.2. The van der Waals surface area contributed by atoms with Gasteiger partial charge in [-0.15, -0.1) is 0 Å². The van der Waals surface area contributed by atoms with Crippen molar-refractivity contribution in [2.75, 3.05) is 17.8 Å². The number of nitrogens with one attached hydrogen (secondary N) is 1. The summed E-state index contributed by atoms with van der Waals surface area (Å²) in [5, 5.41) is 20.7. The summed E-state index contributed by atoms with van der Waals surface area (Å²) in [4.78, 5) is 9.59. The Labute approximate surface area is 192 Å². The van der Waals surface area contributed by atoms with Gasteiger partial charge in [0.25, 0.3) is 10.0 Å². The van der Waals surface area contributed by atoms with Gasteiger partial charge in [-0.1, -0.05) is 6.42 Å². The summed E-state index contributed by atoms with van der Waals surface area (Å²) in [6.45, 7) is 4.20. The van der Waals surface area contributed by atoms with E-state index in [1.54, 1.807) is 13.8 Å². The summed E-state index contributed by atoms with van der Waals surface area (Å²) in [5.41, 5.74) is -0.907. The maximum Gasteiger partial charge on any atom is 0.312 e. The second kappa shape index (κ2) is 9.53. The molecular formula is C20H25N3O8S2. The molecule has 2 aromatic rings. The molecule has 0 spiro atoms. The molecule has 1 aliphatic rings. The number of benzene rings is 2. The van der Waals surface area contributed by atoms with Crippen molar-refractivity contribution in [3.05, 3.63) is 46.5 Å². The second-order valence-corrected chi connectivity index (χ2v) is 11.4. The minimum atomic E-state index is -4.39. The van der Waals surface area contributed by atoms with E-state index >= 15 is 0 Å². The molecule has 2 N–H and O–H groups in total. The lowest BCUT2D eigenvalue weighted by atomic mass is 10.2. The van der Waals surface area contributed by atoms with E-state index in [2.05, 4.69) is 4.72 Å². The fourth-order valence-electron chi connectivity index (χ4n) is 3.38. The maximum absolute atomic E-state index is 13.1. The average Bonchev–Trinajstić information content (AvgIpc) is 2.75. The van der Waals surface area contributed by atoms with Gasteiger partial charge >= 0.3 is 5.69 Å². The van der Waals surface area contributed by atoms with Crippen molar-refractivity contribution in [3.63, 3.8) is 0 Å². The van der Waals surface area contributed by atoms with Crippen LogP contribution in [0, 0.1) is 10.1 Å². The first kappa shape index (κ1) is 24.7. The van der Waals surface area contributed by atoms with E-state index in [0.29, 0.717) is 13.1 Å². The summed E-state index contributed by atoms with van der Waals surface area (Å²) < 4.78 is 61.3. The molecule has 13 heteroatoms. The van der Waals surface area contributed by atoms with Crippen LogP contribution in [-0.2, 0) is 20.0 Å². The first-order valence-corrected chi connectivity index (χ1v) is 13.2. The van der Waals surface area contributed by atoms with Gasteiger partial charge in [0, 0.05) is 19.2 Å². The Balaban J connectivity index is 2.03. The van der Waals surface area contributed by atoms with Crippen molar-refractivity contribution in [2.24, 2.45) is 0 Å². The molecule has 0 aliphatic carbocycles. The summed E-state index contributed by atoms with van der Waals surface area (Å²) in [7, 11) is -8.24. The molecule has 2 aromatic carbocycles. The Hall–Kier alpha value is -2.90. The molecule has 33 heavy (non-hydrogen) atoms. The number of aromatic hydroxyl groups is 1. The summed E-state index contributed by atoms with van der Waals surface area (Å²) in [5.74, 6) is -0.586. The van der Waals surface area contributed by atoms with E-state index < -0.39 is 41.3 Å². The molecule has 0 saturated carbocycles. The van der Waals surface area contributed by atoms with Gasteiger partial charge in [-0.3, -0.25) is 14.8 Å². The third-order valence-electron chi connectivity index (χ3n) is 4.96. The molecule has 1 aliphatic heterocycles. The third-order valence-corrected chi connectivity index (χ3v) is 8.22. The highest BCUT2D eigenvalue weighted by Crippen LogP contribution is 2.34. The lowest BCUT2D eigenvalue weighted by Gasteiger charge is -2.26. The van der Waals surface area contributed by atoms with Crippen LogP contribution in [0.25, 0.3) is 0 Å². The third kappa shape index (κ3) is 5.54. The van der Waals surface area contributed by atoms with Crippen LogP contribution in [0.15, 0.2) is 46.2 Å². The van der Waals surface area contributed by atoms with E-state index in [0.717, 1.165) is 37.5 Å². The number of piperidine rings is 1. The molecule has 180 valence electrons. The number of nitrogens with zero attached hydrogens (tertiary/aromatic N) is 2. The minimum Gasteiger partial charge on any atom is -0.502 e. The second-order valence-electron chi connectivity index (χ2n) is 7.80. The van der Waals surface area contributed by atoms with Crippen LogP contribution in [0.5, 0.6) is 11.5 Å². The number of sulfonamides is 2. The Morgan fingerprint density at radius 2 is 1.67 bits per heavy atom. The van der Waals surface area contributed by atoms with Gasteiger partial charge in [0.1, 0.15) is 5.75 Å². The van der Waals surface area contributed by atoms with Gasteiger partial charge < -0.3 is 9.84 Å². The van der Waals surface area contributed by atoms with Crippen LogP contribution in [0.1, 0.15) is 33.1 Å². The molecule has 1 saturated heterocycles. The largest absolute Gasteiger partial charge is 0.502 e. The van der Waals surface area contributed by atoms with Crippen molar-refractivity contribution >= 4 is 31.4 Å². The molecule has 0 bridgehead atoms. The van der Waals surface area contributed by atoms with E-state index in [1.165, 1.54) is 22.5 Å². The number of nitro benzene ring substituents is 1. The predicted molar refractivity (Wildman–Crippen MR) is 120 cm³/mol. The smallest absolute Gasteiger partial charge is 0.312 e. The van der Waals surface area contributed by atoms with E-state index in [1.807, 2.05) is 0 Å². The van der Waals surface area contributed by atoms with Crippen molar-refractivity contribution in [1.29, 1.82) is 0 Å². The van der Waals surface area contributed by atoms with Crippen molar-refractivity contribution in [3.8, 4) is 11.5 Å². The van der Waals surface area contributed by atoms with Gasteiger partial charge in [-0.25, -0.2) is 16.8 Å². The molecule has 3 rings (SSSR count). The molecule has 0 aromatic heterocycles. The highest BCUT2D eigenvalue weighted by atomic mass is 32.2. The molecule has 11 nitrogen and oxygen atoms in total. The highest BCUT2D eigenvalue weighted by molar-refractivity contribution is 7.92. The maximum atomic E-state index is 13.1. The number of ether oxygens (including phenoxy) is 1. The van der Waals surface area contributed by atoms with E-state index in [4.69, 9.17) is 4.74 Å². The molecule has 0 radical (unpaired) electrons. The number of phenols is 1. The van der Waals surface area contributed by atoms with Gasteiger partial charge in [-0.05, 0) is 57.0 Å². The van der Waals surface area contributed by atoms with Crippen LogP contribution in [-0.4, -0.2) is 50.4 Å². The number of anilines is 1. The lowest BCUT2D eigenvalue weighted by molar-refractivity contribution is -0.386. The molecule has 1 fully saturated rings. The standard InChI is InChI=1S/C20H25N3O8S2/c1-14(2)31-20-9-7-16(33(29,30)22-10-4-3-5-11-22)12-17(20)21-32(27,28)15-6-8-19(24)18(13-15)23(25)26/h6-9,12-14,21,24H,3-5,10-11H2,1-2H3. The first-order chi connectivity index (χ1) is 15.4. The molecular weight excluding hydrogens is 474 g/mol. The Kier molecular flexibility index (Phi) is 7.14. The van der Waals surface area contributed by atoms with Crippen molar-refractivity contribution in [2.45, 2.75) is 49.0 Å². The van der Waals surface area contributed by atoms with Gasteiger partial charge in [0.15, 0.2) is 5.75 Å². The van der Waals surface area contributed by atoms with Gasteiger partial charge in [-0.2, -0.15) is 4.31 Å². The van der Waals surface area contributed by atoms with Crippen molar-refractivity contribution < 1.29 is 31.6 Å². The monoisotopic (exact) mass is 499 g/mol. The van der Waals surface area contributed by atoms with E-state index in [-0.39, 0.29) is 22.4 Å². The molecule has 0 atom stereocenters. The van der Waals surface area contributed by atoms with Crippen LogP contribution in [0.2, 0.25) is 0 Å². The quantitative estimate of drug-likeness (QED) is 0.414. The number of rotatable bonds is 8. The van der Waals surface area contributed by atoms with Gasteiger partial charge in [0.2, 0.25) is 10.0 Å². The number of hydrogen-bond donors (Lipinski definition) is 2. The Morgan fingerprint density at radius 3 is 2.27 bits per heavy atom. The summed E-state index contributed by atoms with van der Waals surface area (Å²) in [6, 6.07) is 6.51. The fraction of sp³-hybridized carbons (Fsp3) is 0.400. The normalized spacial score (nSPS) is 15.4. The van der Waals surface area contributed by atoms with Crippen LogP contribution >= 0.6 is 0 Å². The number of nitro groups is 1. The zero-order valence-corrected chi connectivity index (χ0v) is 19.7. The Bertz CT molecular complexity index is 1250. The molecule has 0 amide bonds. The van der Waals surface area contributed by atoms with Crippen molar-refractivity contribution in [1.82, 2.24) is 4.31 Å². The highest BCUT2D eigenvalue weighted by Gasteiger charge is 2.28. The lowest BCUT2D eigenvalue weighted by Crippen LogP contribution is -2.35. The predicted octanol–water partition coefficient (Wildman–Crippen LogP) is 3.06. The summed E-state index contributed by atoms with van der Waals surface area (Å²) in [6.07, 6.45) is 2.09. The zero-order chi connectivity index (χ0) is 24.4. The topological polar surface area (TPSA) is 156 Å². The van der Waals surface area contributed by atoms with Crippen LogP contribution in [0.4, 0.5) is 11.4 Å². The van der Waals surface area contributed by atoms with Crippen LogP contribution < -0.4 is 9.46 Å². The summed E-state index contributed by atoms with van der Waals surface area (Å²) >= 11 is 0. The number of phenolic OH excluding ortho intramolecular Hbond substituents is 1. The van der Waals surface area contributed by atoms with E-state index in [9.17, 15) is 32.1 Å². The average molecular weight is 500 g/mol. The van der Waals surface area contributed by atoms with Gasteiger partial charge in [0.05, 0.1) is 26.5 Å².